The van der Waals surface area contributed by atoms with E-state index in [9.17, 15) is 0 Å². The Morgan fingerprint density at radius 2 is 2.62 bits per heavy atom. The second kappa shape index (κ2) is 2.46. The molecule has 1 rings (SSSR count). The first-order valence-corrected chi connectivity index (χ1v) is 2.74. The van der Waals surface area contributed by atoms with Crippen LogP contribution in [0.4, 0.5) is 0 Å². The van der Waals surface area contributed by atoms with Crippen molar-refractivity contribution in [3.8, 4) is 0 Å². The van der Waals surface area contributed by atoms with E-state index in [0.29, 0.717) is 0 Å². The molecule has 0 unspecified atom stereocenters. The van der Waals surface area contributed by atoms with Gasteiger partial charge in [-0.15, -0.1) is 0 Å². The fraction of sp³-hybridized carbons (Fsp3) is 0.286. The van der Waals surface area contributed by atoms with Crippen LogP contribution in [-0.2, 0) is 6.42 Å². The van der Waals surface area contributed by atoms with Crippen LogP contribution in [0, 0.1) is 6.07 Å². The molecule has 0 spiro atoms. The molecule has 1 heteroatoms. The van der Waals surface area contributed by atoms with Gasteiger partial charge in [0.1, 0.15) is 0 Å². The van der Waals surface area contributed by atoms with Gasteiger partial charge < -0.3 is 0 Å². The molecule has 1 nitrogen and oxygen atoms in total. The molecule has 1 radical (unpaired) electrons. The van der Waals surface area contributed by atoms with Crippen LogP contribution in [0.25, 0.3) is 0 Å². The third kappa shape index (κ3) is 1.06. The zero-order valence-corrected chi connectivity index (χ0v) is 4.89. The molecular formula is C7H8N. The molecule has 8 heavy (non-hydrogen) atoms. The Hall–Kier alpha value is -0.850. The monoisotopic (exact) mass is 106 g/mol. The molecule has 41 valence electrons. The fourth-order valence-corrected chi connectivity index (χ4v) is 0.564. The van der Waals surface area contributed by atoms with Crippen molar-refractivity contribution in [1.29, 1.82) is 0 Å². The standard InChI is InChI=1S/C7H8N/c1-2-7-3-5-8-6-4-7/h3,5-6H,2H2,1H3. The summed E-state index contributed by atoms with van der Waals surface area (Å²) in [5.74, 6) is 0. The van der Waals surface area contributed by atoms with Crippen molar-refractivity contribution in [2.24, 2.45) is 0 Å². The molecule has 0 aliphatic carbocycles. The summed E-state index contributed by atoms with van der Waals surface area (Å²) < 4.78 is 0. The van der Waals surface area contributed by atoms with E-state index in [2.05, 4.69) is 18.0 Å². The van der Waals surface area contributed by atoms with Gasteiger partial charge in [-0.1, -0.05) is 6.92 Å². The second-order valence-corrected chi connectivity index (χ2v) is 1.62. The Labute approximate surface area is 49.4 Å². The number of nitrogens with zero attached hydrogens (tertiary/aromatic N) is 1. The van der Waals surface area contributed by atoms with Crippen LogP contribution in [0.15, 0.2) is 18.5 Å². The Kier molecular flexibility index (Phi) is 1.62. The van der Waals surface area contributed by atoms with Gasteiger partial charge in [0.2, 0.25) is 0 Å². The molecule has 0 fully saturated rings. The minimum atomic E-state index is 1.04. The Balaban J connectivity index is 2.83. The molecule has 0 atom stereocenters. The minimum absolute atomic E-state index is 1.04. The lowest BCUT2D eigenvalue weighted by molar-refractivity contribution is 1.11. The van der Waals surface area contributed by atoms with Gasteiger partial charge >= 0.3 is 0 Å². The predicted molar refractivity (Wildman–Crippen MR) is 32.5 cm³/mol. The minimum Gasteiger partial charge on any atom is -0.264 e. The topological polar surface area (TPSA) is 12.9 Å². The molecule has 0 N–H and O–H groups in total. The van der Waals surface area contributed by atoms with Crippen LogP contribution < -0.4 is 0 Å². The van der Waals surface area contributed by atoms with E-state index < -0.39 is 0 Å². The van der Waals surface area contributed by atoms with Gasteiger partial charge in [0.15, 0.2) is 0 Å². The summed E-state index contributed by atoms with van der Waals surface area (Å²) in [6.07, 6.45) is 4.52. The lowest BCUT2D eigenvalue weighted by atomic mass is 10.2. The third-order valence-corrected chi connectivity index (χ3v) is 1.07. The van der Waals surface area contributed by atoms with E-state index in [0.717, 1.165) is 6.42 Å². The van der Waals surface area contributed by atoms with Crippen LogP contribution in [-0.4, -0.2) is 4.98 Å². The van der Waals surface area contributed by atoms with Gasteiger partial charge in [-0.3, -0.25) is 4.98 Å². The van der Waals surface area contributed by atoms with Gasteiger partial charge in [0.05, 0.1) is 0 Å². The second-order valence-electron chi connectivity index (χ2n) is 1.62. The maximum Gasteiger partial charge on any atom is 0.0349 e. The molecule has 0 saturated carbocycles. The Morgan fingerprint density at radius 3 is 3.00 bits per heavy atom. The summed E-state index contributed by atoms with van der Waals surface area (Å²) in [6, 6.07) is 4.98. The van der Waals surface area contributed by atoms with Crippen molar-refractivity contribution >= 4 is 0 Å². The first-order chi connectivity index (χ1) is 3.93. The van der Waals surface area contributed by atoms with E-state index in [1.807, 2.05) is 6.07 Å². The highest BCUT2D eigenvalue weighted by Crippen LogP contribution is 1.93. The SMILES string of the molecule is CCc1[c]cncc1. The van der Waals surface area contributed by atoms with Crippen molar-refractivity contribution < 1.29 is 0 Å². The smallest absolute Gasteiger partial charge is 0.0349 e. The van der Waals surface area contributed by atoms with Gasteiger partial charge in [-0.05, 0) is 18.1 Å². The predicted octanol–water partition coefficient (Wildman–Crippen LogP) is 1.44. The zero-order valence-electron chi connectivity index (χ0n) is 4.89. The molecule has 0 saturated heterocycles. The molecule has 0 aromatic carbocycles. The highest BCUT2D eigenvalue weighted by molar-refractivity contribution is 5.06. The lowest BCUT2D eigenvalue weighted by Gasteiger charge is -1.88. The average Bonchev–Trinajstić information content (AvgIpc) is 1.90. The third-order valence-electron chi connectivity index (χ3n) is 1.07. The summed E-state index contributed by atoms with van der Waals surface area (Å²) >= 11 is 0. The van der Waals surface area contributed by atoms with Crippen LogP contribution in [0.1, 0.15) is 12.5 Å². The summed E-state index contributed by atoms with van der Waals surface area (Å²) in [5.41, 5.74) is 1.22. The molecule has 1 aromatic rings. The molecule has 0 aliphatic heterocycles. The summed E-state index contributed by atoms with van der Waals surface area (Å²) in [7, 11) is 0. The fourth-order valence-electron chi connectivity index (χ4n) is 0.564. The first-order valence-electron chi connectivity index (χ1n) is 2.74. The van der Waals surface area contributed by atoms with Crippen molar-refractivity contribution in [2.45, 2.75) is 13.3 Å². The van der Waals surface area contributed by atoms with E-state index in [1.54, 1.807) is 12.4 Å². The lowest BCUT2D eigenvalue weighted by Crippen LogP contribution is -1.77. The number of hydrogen-bond acceptors (Lipinski definition) is 1. The number of aromatic nitrogens is 1. The zero-order chi connectivity index (χ0) is 5.82. The van der Waals surface area contributed by atoms with Crippen LogP contribution in [0.3, 0.4) is 0 Å². The van der Waals surface area contributed by atoms with Gasteiger partial charge in [-0.2, -0.15) is 0 Å². The molecule has 1 heterocycles. The molecular weight excluding hydrogens is 98.1 g/mol. The van der Waals surface area contributed by atoms with Crippen LogP contribution in [0.5, 0.6) is 0 Å². The molecule has 0 bridgehead atoms. The Bertz CT molecular complexity index is 146. The van der Waals surface area contributed by atoms with Crippen molar-refractivity contribution in [1.82, 2.24) is 4.98 Å². The number of rotatable bonds is 1. The number of pyridine rings is 1. The van der Waals surface area contributed by atoms with Gasteiger partial charge in [0, 0.05) is 18.5 Å². The van der Waals surface area contributed by atoms with E-state index in [-0.39, 0.29) is 0 Å². The van der Waals surface area contributed by atoms with Gasteiger partial charge in [-0.25, -0.2) is 0 Å². The van der Waals surface area contributed by atoms with E-state index in [1.165, 1.54) is 5.56 Å². The van der Waals surface area contributed by atoms with Crippen molar-refractivity contribution in [3.05, 3.63) is 30.1 Å². The summed E-state index contributed by atoms with van der Waals surface area (Å²) in [5, 5.41) is 0. The van der Waals surface area contributed by atoms with Crippen molar-refractivity contribution in [3.63, 3.8) is 0 Å². The van der Waals surface area contributed by atoms with Crippen LogP contribution in [0.2, 0.25) is 0 Å². The maximum atomic E-state index is 3.84. The molecule has 0 aliphatic rings. The number of aryl methyl sites for hydroxylation is 1. The van der Waals surface area contributed by atoms with Crippen molar-refractivity contribution in [2.75, 3.05) is 0 Å². The first kappa shape index (κ1) is 5.29. The molecule has 1 aromatic heterocycles. The van der Waals surface area contributed by atoms with E-state index >= 15 is 0 Å². The largest absolute Gasteiger partial charge is 0.264 e. The highest BCUT2D eigenvalue weighted by atomic mass is 14.6. The Morgan fingerprint density at radius 1 is 1.75 bits per heavy atom. The van der Waals surface area contributed by atoms with Gasteiger partial charge in [0.25, 0.3) is 0 Å². The molecule has 0 amide bonds. The van der Waals surface area contributed by atoms with E-state index in [4.69, 9.17) is 0 Å². The van der Waals surface area contributed by atoms with Crippen LogP contribution >= 0.6 is 0 Å². The highest BCUT2D eigenvalue weighted by Gasteiger charge is 1.81. The summed E-state index contributed by atoms with van der Waals surface area (Å²) in [4.78, 5) is 3.84. The average molecular weight is 106 g/mol. The summed E-state index contributed by atoms with van der Waals surface area (Å²) in [6.45, 7) is 2.10. The number of hydrogen-bond donors (Lipinski definition) is 0. The quantitative estimate of drug-likeness (QED) is 0.528. The normalized spacial score (nSPS) is 9.12. The maximum absolute atomic E-state index is 3.84.